The van der Waals surface area contributed by atoms with Crippen LogP contribution in [0.25, 0.3) is 39.2 Å². The van der Waals surface area contributed by atoms with Crippen LogP contribution in [0.5, 0.6) is 0 Å². The van der Waals surface area contributed by atoms with E-state index in [4.69, 9.17) is 15.8 Å². The molecule has 0 bridgehead atoms. The number of aromatic nitrogens is 6. The van der Waals surface area contributed by atoms with Crippen LogP contribution in [0.1, 0.15) is 30.3 Å². The molecule has 1 atom stereocenters. The number of pyridine rings is 2. The lowest BCUT2D eigenvalue weighted by atomic mass is 10.0. The van der Waals surface area contributed by atoms with Crippen LogP contribution in [0.3, 0.4) is 0 Å². The fraction of sp³-hybridized carbons (Fsp3) is 0.231. The van der Waals surface area contributed by atoms with Gasteiger partial charge in [0.05, 0.1) is 41.1 Å². The van der Waals surface area contributed by atoms with Crippen molar-refractivity contribution < 1.29 is 10.2 Å². The summed E-state index contributed by atoms with van der Waals surface area (Å²) in [6.45, 7) is -0.0439. The molecule has 0 aliphatic carbocycles. The van der Waals surface area contributed by atoms with Crippen LogP contribution in [0.15, 0.2) is 67.0 Å². The van der Waals surface area contributed by atoms with Crippen LogP contribution >= 0.6 is 0 Å². The Hall–Kier alpha value is -3.92. The lowest BCUT2D eigenvalue weighted by molar-refractivity contribution is 0.276. The van der Waals surface area contributed by atoms with E-state index in [2.05, 4.69) is 21.2 Å². The molecule has 0 saturated heterocycles. The van der Waals surface area contributed by atoms with Crippen LogP contribution in [-0.4, -0.2) is 46.3 Å². The molecule has 5 rings (SSSR count). The second-order valence-electron chi connectivity index (χ2n) is 8.45. The van der Waals surface area contributed by atoms with Gasteiger partial charge in [0.1, 0.15) is 0 Å². The third kappa shape index (κ3) is 4.57. The minimum atomic E-state index is -0.253. The summed E-state index contributed by atoms with van der Waals surface area (Å²) in [6, 6.07) is 17.1. The fourth-order valence-corrected chi connectivity index (χ4v) is 4.18. The van der Waals surface area contributed by atoms with Crippen LogP contribution in [0.4, 0.5) is 0 Å². The summed E-state index contributed by atoms with van der Waals surface area (Å²) in [5, 5.41) is 28.9. The molecule has 4 aromatic heterocycles. The van der Waals surface area contributed by atoms with Gasteiger partial charge in [-0.25, -0.2) is 9.67 Å². The summed E-state index contributed by atoms with van der Waals surface area (Å²) in [4.78, 5) is 9.38. The molecule has 178 valence electrons. The normalized spacial score (nSPS) is 12.3. The molecular formula is C26H27N7O2. The Kier molecular flexibility index (Phi) is 6.37. The first kappa shape index (κ1) is 22.9. The van der Waals surface area contributed by atoms with Crippen LogP contribution in [-0.2, 0) is 13.7 Å². The summed E-state index contributed by atoms with van der Waals surface area (Å²) in [6.07, 6.45) is 5.00. The van der Waals surface area contributed by atoms with Crippen molar-refractivity contribution in [2.75, 3.05) is 6.61 Å². The maximum atomic E-state index is 9.55. The lowest BCUT2D eigenvalue weighted by Gasteiger charge is -2.13. The third-order valence-electron chi connectivity index (χ3n) is 5.97. The van der Waals surface area contributed by atoms with E-state index in [0.717, 1.165) is 39.1 Å². The summed E-state index contributed by atoms with van der Waals surface area (Å²) in [7, 11) is 1.89. The van der Waals surface area contributed by atoms with Gasteiger partial charge in [-0.2, -0.15) is 10.2 Å². The highest BCUT2D eigenvalue weighted by molar-refractivity contribution is 5.97. The van der Waals surface area contributed by atoms with Crippen molar-refractivity contribution in [1.82, 2.24) is 29.5 Å². The molecular weight excluding hydrogens is 442 g/mol. The second kappa shape index (κ2) is 9.75. The van der Waals surface area contributed by atoms with E-state index in [-0.39, 0.29) is 19.3 Å². The van der Waals surface area contributed by atoms with Crippen molar-refractivity contribution in [3.8, 4) is 28.3 Å². The van der Waals surface area contributed by atoms with E-state index >= 15 is 0 Å². The van der Waals surface area contributed by atoms with Crippen molar-refractivity contribution in [2.24, 2.45) is 12.8 Å². The van der Waals surface area contributed by atoms with Gasteiger partial charge < -0.3 is 15.9 Å². The SMILES string of the molecule is Cn1ccc(-c2cc(-c3cccc(C(N)CCCO)n3)cc3c2cnn3-c2cccc(CO)n2)n1. The monoisotopic (exact) mass is 469 g/mol. The molecule has 5 aromatic rings. The van der Waals surface area contributed by atoms with Gasteiger partial charge >= 0.3 is 0 Å². The maximum absolute atomic E-state index is 9.55. The van der Waals surface area contributed by atoms with E-state index in [1.54, 1.807) is 15.4 Å². The van der Waals surface area contributed by atoms with E-state index < -0.39 is 0 Å². The van der Waals surface area contributed by atoms with Crippen LogP contribution < -0.4 is 5.73 Å². The van der Waals surface area contributed by atoms with Gasteiger partial charge in [-0.15, -0.1) is 0 Å². The summed E-state index contributed by atoms with van der Waals surface area (Å²) in [5.74, 6) is 0.614. The highest BCUT2D eigenvalue weighted by Crippen LogP contribution is 2.34. The molecule has 1 unspecified atom stereocenters. The van der Waals surface area contributed by atoms with Crippen LogP contribution in [0.2, 0.25) is 0 Å². The zero-order chi connectivity index (χ0) is 24.4. The van der Waals surface area contributed by atoms with Gasteiger partial charge in [0.25, 0.3) is 0 Å². The number of fused-ring (bicyclic) bond motifs is 1. The predicted octanol–water partition coefficient (Wildman–Crippen LogP) is 3.15. The zero-order valence-corrected chi connectivity index (χ0v) is 19.4. The molecule has 0 radical (unpaired) electrons. The van der Waals surface area contributed by atoms with Crippen molar-refractivity contribution in [2.45, 2.75) is 25.5 Å². The van der Waals surface area contributed by atoms with Gasteiger partial charge in [0.15, 0.2) is 5.82 Å². The number of hydrogen-bond donors (Lipinski definition) is 3. The molecule has 9 nitrogen and oxygen atoms in total. The second-order valence-corrected chi connectivity index (χ2v) is 8.45. The fourth-order valence-electron chi connectivity index (χ4n) is 4.18. The summed E-state index contributed by atoms with van der Waals surface area (Å²) in [5.41, 5.74) is 12.0. The molecule has 0 aliphatic rings. The third-order valence-corrected chi connectivity index (χ3v) is 5.97. The number of rotatable bonds is 8. The Balaban J connectivity index is 1.68. The number of nitrogens with two attached hydrogens (primary N) is 1. The maximum Gasteiger partial charge on any atom is 0.154 e. The van der Waals surface area contributed by atoms with Crippen molar-refractivity contribution in [3.05, 3.63) is 78.4 Å². The smallest absolute Gasteiger partial charge is 0.154 e. The minimum absolute atomic E-state index is 0.104. The molecule has 1 aromatic carbocycles. The van der Waals surface area contributed by atoms with Crippen LogP contribution in [0, 0.1) is 0 Å². The Morgan fingerprint density at radius 1 is 1.00 bits per heavy atom. The van der Waals surface area contributed by atoms with E-state index in [1.165, 1.54) is 0 Å². The molecule has 4 N–H and O–H groups in total. The standard InChI is InChI=1S/C26H27N7O2/c1-32-11-10-23(31-32)19-13-17(22-7-3-8-24(30-22)21(27)6-4-12-34)14-25-20(19)15-28-33(25)26-9-2-5-18(16-35)29-26/h2-3,5,7-11,13-15,21,34-35H,4,6,12,16,27H2,1H3. The first-order valence-electron chi connectivity index (χ1n) is 11.5. The molecule has 0 aliphatic heterocycles. The highest BCUT2D eigenvalue weighted by Gasteiger charge is 2.17. The first-order valence-corrected chi connectivity index (χ1v) is 11.5. The summed E-state index contributed by atoms with van der Waals surface area (Å²) >= 11 is 0. The summed E-state index contributed by atoms with van der Waals surface area (Å²) < 4.78 is 3.53. The first-order chi connectivity index (χ1) is 17.1. The highest BCUT2D eigenvalue weighted by atomic mass is 16.3. The Labute approximate surface area is 202 Å². The number of aliphatic hydroxyl groups excluding tert-OH is 2. The molecule has 0 saturated carbocycles. The number of hydrogen-bond acceptors (Lipinski definition) is 7. The topological polar surface area (TPSA) is 128 Å². The van der Waals surface area contributed by atoms with Crippen molar-refractivity contribution >= 4 is 10.9 Å². The van der Waals surface area contributed by atoms with Crippen molar-refractivity contribution in [3.63, 3.8) is 0 Å². The average molecular weight is 470 g/mol. The van der Waals surface area contributed by atoms with Gasteiger partial charge in [-0.3, -0.25) is 9.67 Å². The molecule has 4 heterocycles. The quantitative estimate of drug-likeness (QED) is 0.318. The number of aryl methyl sites for hydroxylation is 1. The number of benzene rings is 1. The van der Waals surface area contributed by atoms with E-state index in [9.17, 15) is 5.11 Å². The molecule has 0 spiro atoms. The molecule has 9 heteroatoms. The lowest BCUT2D eigenvalue weighted by Crippen LogP contribution is -2.12. The van der Waals surface area contributed by atoms with Gasteiger partial charge in [-0.05, 0) is 55.3 Å². The molecule has 0 fully saturated rings. The van der Waals surface area contributed by atoms with E-state index in [1.807, 2.05) is 61.9 Å². The van der Waals surface area contributed by atoms with Gasteiger partial charge in [0, 0.05) is 42.4 Å². The van der Waals surface area contributed by atoms with E-state index in [0.29, 0.717) is 24.4 Å². The van der Waals surface area contributed by atoms with Crippen molar-refractivity contribution in [1.29, 1.82) is 0 Å². The Morgan fingerprint density at radius 2 is 1.86 bits per heavy atom. The minimum Gasteiger partial charge on any atom is -0.396 e. The average Bonchev–Trinajstić information content (AvgIpc) is 3.53. The van der Waals surface area contributed by atoms with Gasteiger partial charge in [0.2, 0.25) is 0 Å². The molecule has 35 heavy (non-hydrogen) atoms. The largest absolute Gasteiger partial charge is 0.396 e. The Morgan fingerprint density at radius 3 is 2.63 bits per heavy atom. The van der Waals surface area contributed by atoms with Gasteiger partial charge in [-0.1, -0.05) is 12.1 Å². The number of aliphatic hydroxyl groups is 2. The predicted molar refractivity (Wildman–Crippen MR) is 133 cm³/mol. The number of nitrogens with zero attached hydrogens (tertiary/aromatic N) is 6. The molecule has 0 amide bonds. The Bertz CT molecular complexity index is 1470. The zero-order valence-electron chi connectivity index (χ0n) is 19.4.